The number of aromatic nitrogens is 1. The van der Waals surface area contributed by atoms with Crippen LogP contribution in [0.2, 0.25) is 0 Å². The van der Waals surface area contributed by atoms with Crippen LogP contribution in [-0.4, -0.2) is 34.7 Å². The molecule has 3 saturated heterocycles. The summed E-state index contributed by atoms with van der Waals surface area (Å²) in [6.07, 6.45) is 6.20. The van der Waals surface area contributed by atoms with Crippen LogP contribution < -0.4 is 0 Å². The summed E-state index contributed by atoms with van der Waals surface area (Å²) < 4.78 is 0. The molecule has 2 bridgehead atoms. The molecule has 3 nitrogen and oxygen atoms in total. The molecule has 3 aromatic rings. The van der Waals surface area contributed by atoms with Gasteiger partial charge >= 0.3 is 0 Å². The van der Waals surface area contributed by atoms with Crippen LogP contribution in [0.15, 0.2) is 90.2 Å². The molecule has 1 atom stereocenters. The Morgan fingerprint density at radius 1 is 0.828 bits per heavy atom. The zero-order valence-electron chi connectivity index (χ0n) is 16.7. The van der Waals surface area contributed by atoms with Crippen molar-refractivity contribution < 1.29 is 0 Å². The quantitative estimate of drug-likeness (QED) is 0.626. The third-order valence-corrected chi connectivity index (χ3v) is 6.47. The van der Waals surface area contributed by atoms with E-state index < -0.39 is 0 Å². The number of pyridine rings is 1. The van der Waals surface area contributed by atoms with Gasteiger partial charge in [0, 0.05) is 29.9 Å². The van der Waals surface area contributed by atoms with Crippen LogP contribution in [0.3, 0.4) is 0 Å². The van der Waals surface area contributed by atoms with Gasteiger partial charge < -0.3 is 0 Å². The van der Waals surface area contributed by atoms with Gasteiger partial charge in [-0.15, -0.1) is 0 Å². The first kappa shape index (κ1) is 18.3. The number of rotatable bonds is 5. The molecular weight excluding hydrogens is 354 g/mol. The zero-order chi connectivity index (χ0) is 19.5. The summed E-state index contributed by atoms with van der Waals surface area (Å²) in [5, 5.41) is 0. The summed E-state index contributed by atoms with van der Waals surface area (Å²) in [6, 6.07) is 26.5. The molecule has 2 aromatic carbocycles. The monoisotopic (exact) mass is 381 g/mol. The van der Waals surface area contributed by atoms with Crippen LogP contribution in [-0.2, 0) is 6.54 Å². The first-order valence-corrected chi connectivity index (χ1v) is 10.7. The van der Waals surface area contributed by atoms with Gasteiger partial charge in [-0.1, -0.05) is 60.7 Å². The molecule has 0 saturated carbocycles. The third kappa shape index (κ3) is 3.75. The minimum Gasteiger partial charge on any atom is -0.294 e. The van der Waals surface area contributed by atoms with Gasteiger partial charge in [0.2, 0.25) is 0 Å². The van der Waals surface area contributed by atoms with Gasteiger partial charge in [-0.05, 0) is 54.8 Å². The largest absolute Gasteiger partial charge is 0.294 e. The number of piperidine rings is 3. The molecule has 146 valence electrons. The van der Waals surface area contributed by atoms with E-state index in [1.54, 1.807) is 0 Å². The molecule has 1 unspecified atom stereocenters. The predicted octanol–water partition coefficient (Wildman–Crippen LogP) is 4.95. The standard InChI is InChI=1S/C26H27N3/c1-3-7-21(8-4-1)24(22-9-5-2-6-10-22)26-25(23-13-17-29(26)18-14-23)28-19-20-11-15-27-16-12-20/h1-12,15-16,23-24,26H,13-14,17-19H2. The lowest BCUT2D eigenvalue weighted by Crippen LogP contribution is -2.58. The van der Waals surface area contributed by atoms with E-state index in [4.69, 9.17) is 4.99 Å². The average molecular weight is 382 g/mol. The van der Waals surface area contributed by atoms with E-state index in [-0.39, 0.29) is 0 Å². The van der Waals surface area contributed by atoms with Crippen molar-refractivity contribution in [2.45, 2.75) is 31.3 Å². The normalized spacial score (nSPS) is 24.9. The smallest absolute Gasteiger partial charge is 0.0641 e. The van der Waals surface area contributed by atoms with Gasteiger partial charge in [-0.2, -0.15) is 0 Å². The fraction of sp³-hybridized carbons (Fsp3) is 0.308. The Morgan fingerprint density at radius 3 is 2.00 bits per heavy atom. The van der Waals surface area contributed by atoms with Crippen molar-refractivity contribution in [2.75, 3.05) is 13.1 Å². The molecule has 0 radical (unpaired) electrons. The molecule has 4 heterocycles. The molecular formula is C26H27N3. The molecule has 3 aliphatic rings. The van der Waals surface area contributed by atoms with Crippen molar-refractivity contribution in [1.82, 2.24) is 9.88 Å². The SMILES string of the molecule is c1ccc(C(c2ccccc2)C2C(=NCc3ccncc3)C3CCN2CC3)cc1. The van der Waals surface area contributed by atoms with Gasteiger partial charge in [-0.25, -0.2) is 0 Å². The third-order valence-electron chi connectivity index (χ3n) is 6.47. The number of aliphatic imine (C=N–C) groups is 1. The maximum absolute atomic E-state index is 5.24. The molecule has 1 aromatic heterocycles. The molecule has 0 N–H and O–H groups in total. The Morgan fingerprint density at radius 2 is 1.41 bits per heavy atom. The fourth-order valence-electron chi connectivity index (χ4n) is 5.05. The van der Waals surface area contributed by atoms with Crippen molar-refractivity contribution in [2.24, 2.45) is 10.9 Å². The van der Waals surface area contributed by atoms with Gasteiger partial charge in [0.25, 0.3) is 0 Å². The second-order valence-electron chi connectivity index (χ2n) is 8.15. The van der Waals surface area contributed by atoms with Crippen molar-refractivity contribution >= 4 is 5.71 Å². The highest BCUT2D eigenvalue weighted by Gasteiger charge is 2.43. The Bertz CT molecular complexity index is 906. The second-order valence-corrected chi connectivity index (χ2v) is 8.15. The molecule has 29 heavy (non-hydrogen) atoms. The lowest BCUT2D eigenvalue weighted by Gasteiger charge is -2.49. The fourth-order valence-corrected chi connectivity index (χ4v) is 5.05. The molecule has 3 fully saturated rings. The second kappa shape index (κ2) is 8.30. The Balaban J connectivity index is 1.57. The summed E-state index contributed by atoms with van der Waals surface area (Å²) in [5.74, 6) is 0.929. The van der Waals surface area contributed by atoms with Gasteiger partial charge in [0.05, 0.1) is 12.6 Å². The van der Waals surface area contributed by atoms with Crippen LogP contribution >= 0.6 is 0 Å². The lowest BCUT2D eigenvalue weighted by atomic mass is 9.72. The Labute approximate surface area is 173 Å². The number of fused-ring (bicyclic) bond motifs is 3. The summed E-state index contributed by atoms with van der Waals surface area (Å²) in [5.41, 5.74) is 5.40. The van der Waals surface area contributed by atoms with Crippen molar-refractivity contribution in [3.8, 4) is 0 Å². The molecule has 6 rings (SSSR count). The molecule has 0 amide bonds. The predicted molar refractivity (Wildman–Crippen MR) is 118 cm³/mol. The zero-order valence-corrected chi connectivity index (χ0v) is 16.7. The van der Waals surface area contributed by atoms with E-state index in [0.29, 0.717) is 17.9 Å². The number of benzene rings is 2. The highest BCUT2D eigenvalue weighted by Crippen LogP contribution is 2.40. The molecule has 0 aliphatic carbocycles. The summed E-state index contributed by atoms with van der Waals surface area (Å²) in [4.78, 5) is 12.1. The highest BCUT2D eigenvalue weighted by atomic mass is 15.2. The first-order chi connectivity index (χ1) is 14.4. The van der Waals surface area contributed by atoms with Crippen LogP contribution in [0.25, 0.3) is 0 Å². The first-order valence-electron chi connectivity index (χ1n) is 10.7. The van der Waals surface area contributed by atoms with Gasteiger partial charge in [0.15, 0.2) is 0 Å². The van der Waals surface area contributed by atoms with Crippen molar-refractivity contribution in [3.63, 3.8) is 0 Å². The van der Waals surface area contributed by atoms with Gasteiger partial charge in [0.1, 0.15) is 0 Å². The molecule has 3 aliphatic heterocycles. The van der Waals surface area contributed by atoms with Crippen LogP contribution in [0, 0.1) is 5.92 Å². The Hall–Kier alpha value is -2.78. The molecule has 3 heteroatoms. The van der Waals surface area contributed by atoms with E-state index in [1.165, 1.54) is 48.3 Å². The van der Waals surface area contributed by atoms with E-state index in [9.17, 15) is 0 Å². The van der Waals surface area contributed by atoms with Crippen LogP contribution in [0.5, 0.6) is 0 Å². The van der Waals surface area contributed by atoms with E-state index in [2.05, 4.69) is 82.7 Å². The lowest BCUT2D eigenvalue weighted by molar-refractivity contribution is 0.135. The highest BCUT2D eigenvalue weighted by molar-refractivity contribution is 5.94. The van der Waals surface area contributed by atoms with Crippen molar-refractivity contribution in [1.29, 1.82) is 0 Å². The van der Waals surface area contributed by atoms with Crippen molar-refractivity contribution in [3.05, 3.63) is 102 Å². The topological polar surface area (TPSA) is 28.5 Å². The Kier molecular flexibility index (Phi) is 5.23. The number of hydrogen-bond donors (Lipinski definition) is 0. The number of nitrogens with zero attached hydrogens (tertiary/aromatic N) is 3. The maximum Gasteiger partial charge on any atom is 0.0641 e. The van der Waals surface area contributed by atoms with Gasteiger partial charge in [-0.3, -0.25) is 14.9 Å². The minimum atomic E-state index is 0.316. The molecule has 0 spiro atoms. The summed E-state index contributed by atoms with van der Waals surface area (Å²) >= 11 is 0. The summed E-state index contributed by atoms with van der Waals surface area (Å²) in [6.45, 7) is 3.11. The average Bonchev–Trinajstić information content (AvgIpc) is 2.81. The minimum absolute atomic E-state index is 0.316. The van der Waals surface area contributed by atoms with E-state index >= 15 is 0 Å². The van der Waals surface area contributed by atoms with E-state index in [0.717, 1.165) is 6.54 Å². The summed E-state index contributed by atoms with van der Waals surface area (Å²) in [7, 11) is 0. The van der Waals surface area contributed by atoms with Crippen LogP contribution in [0.4, 0.5) is 0 Å². The van der Waals surface area contributed by atoms with E-state index in [1.807, 2.05) is 12.4 Å². The number of hydrogen-bond acceptors (Lipinski definition) is 3. The van der Waals surface area contributed by atoms with Crippen LogP contribution in [0.1, 0.15) is 35.4 Å². The maximum atomic E-state index is 5.24.